The van der Waals surface area contributed by atoms with E-state index < -0.39 is 13.4 Å². The zero-order valence-electron chi connectivity index (χ0n) is 10.4. The van der Waals surface area contributed by atoms with Crippen LogP contribution in [0.5, 0.6) is 0 Å². The molecule has 0 aromatic carbocycles. The summed E-state index contributed by atoms with van der Waals surface area (Å²) in [6.45, 7) is 11.0. The van der Waals surface area contributed by atoms with E-state index in [9.17, 15) is 0 Å². The van der Waals surface area contributed by atoms with E-state index in [0.29, 0.717) is 0 Å². The summed E-state index contributed by atoms with van der Waals surface area (Å²) < 4.78 is 0. The van der Waals surface area contributed by atoms with E-state index in [1.807, 2.05) is 0 Å². The Morgan fingerprint density at radius 1 is 0.714 bits per heavy atom. The molecule has 0 bridgehead atoms. The summed E-state index contributed by atoms with van der Waals surface area (Å²) in [7, 11) is 5.44. The predicted octanol–water partition coefficient (Wildman–Crippen LogP) is 4.74. The molecule has 0 nitrogen and oxygen atoms in total. The third kappa shape index (κ3) is 3.82. The third-order valence-corrected chi connectivity index (χ3v) is 2.81. The molecule has 0 saturated carbocycles. The molecule has 0 saturated heterocycles. The van der Waals surface area contributed by atoms with Crippen molar-refractivity contribution in [1.29, 1.82) is 0 Å². The van der Waals surface area contributed by atoms with Gasteiger partial charge >= 0.3 is 34.9 Å². The van der Waals surface area contributed by atoms with Crippen LogP contribution in [0.25, 0.3) is 0 Å². The first-order valence-corrected chi connectivity index (χ1v) is 11.9. The second kappa shape index (κ2) is 6.02. The van der Waals surface area contributed by atoms with Gasteiger partial charge in [-0.3, -0.25) is 0 Å². The van der Waals surface area contributed by atoms with Gasteiger partial charge in [0.2, 0.25) is 0 Å². The summed E-state index contributed by atoms with van der Waals surface area (Å²) in [6.07, 6.45) is 0. The van der Waals surface area contributed by atoms with Crippen LogP contribution in [0.3, 0.4) is 0 Å². The number of hydrogen-bond acceptors (Lipinski definition) is 0. The van der Waals surface area contributed by atoms with E-state index in [0.717, 1.165) is 0 Å². The Morgan fingerprint density at radius 2 is 0.929 bits per heavy atom. The first-order chi connectivity index (χ1) is 6.29. The van der Waals surface area contributed by atoms with Gasteiger partial charge in [-0.15, -0.1) is 0 Å². The van der Waals surface area contributed by atoms with Crippen LogP contribution in [0.2, 0.25) is 11.5 Å². The molecule has 0 heterocycles. The van der Waals surface area contributed by atoms with Crippen LogP contribution in [0.15, 0.2) is 22.3 Å². The van der Waals surface area contributed by atoms with Gasteiger partial charge in [0.05, 0.1) is 0 Å². The fraction of sp³-hybridized carbons (Fsp3) is 0.583. The molecule has 0 atom stereocenters. The quantitative estimate of drug-likeness (QED) is 0.559. The van der Waals surface area contributed by atoms with Crippen molar-refractivity contribution in [2.24, 2.45) is 0 Å². The van der Waals surface area contributed by atoms with E-state index in [-0.39, 0.29) is 0 Å². The molecule has 0 aromatic heterocycles. The molecule has 0 aliphatic heterocycles. The second-order valence-corrected chi connectivity index (χ2v) is 11.6. The number of allylic oxidation sites excluding steroid dienone is 4. The zero-order valence-corrected chi connectivity index (χ0v) is 13.2. The standard InChI is InChI=1S/C10H15.C2H6ClGe/c1-6-7(2)9(4)10(5)8(6)3;1-4(2)3/h1-5H3;1-2H3. The Kier molecular flexibility index (Phi) is 6.15. The van der Waals surface area contributed by atoms with Crippen LogP contribution in [0.1, 0.15) is 34.6 Å². The van der Waals surface area contributed by atoms with E-state index in [1.54, 1.807) is 0 Å². The molecule has 0 amide bonds. The van der Waals surface area contributed by atoms with Gasteiger partial charge in [0.25, 0.3) is 0 Å². The van der Waals surface area contributed by atoms with Gasteiger partial charge < -0.3 is 0 Å². The number of hydrogen-bond donors (Lipinski definition) is 0. The Hall–Kier alpha value is 0.313. The predicted molar refractivity (Wildman–Crippen MR) is 69.0 cm³/mol. The van der Waals surface area contributed by atoms with Crippen molar-refractivity contribution in [2.75, 3.05) is 0 Å². The van der Waals surface area contributed by atoms with Crippen molar-refractivity contribution in [3.63, 3.8) is 0 Å². The molecule has 0 fully saturated rings. The van der Waals surface area contributed by atoms with E-state index >= 15 is 0 Å². The first-order valence-electron chi connectivity index (χ1n) is 4.94. The maximum absolute atomic E-state index is 5.44. The topological polar surface area (TPSA) is 0 Å². The molecule has 2 radical (unpaired) electrons. The van der Waals surface area contributed by atoms with E-state index in [2.05, 4.69) is 46.1 Å². The number of rotatable bonds is 0. The maximum atomic E-state index is 5.44. The van der Waals surface area contributed by atoms with Crippen molar-refractivity contribution < 1.29 is 0 Å². The normalized spacial score (nSPS) is 17.8. The summed E-state index contributed by atoms with van der Waals surface area (Å²) >= 11 is -0.861. The summed E-state index contributed by atoms with van der Waals surface area (Å²) in [5, 5.41) is 0. The van der Waals surface area contributed by atoms with Crippen LogP contribution in [-0.2, 0) is 0 Å². The first kappa shape index (κ1) is 14.3. The molecule has 80 valence electrons. The van der Waals surface area contributed by atoms with Gasteiger partial charge in [0.1, 0.15) is 0 Å². The third-order valence-electron chi connectivity index (χ3n) is 2.81. The van der Waals surface area contributed by atoms with Crippen molar-refractivity contribution >= 4 is 23.4 Å². The molecule has 2 heteroatoms. The van der Waals surface area contributed by atoms with Crippen LogP contribution < -0.4 is 0 Å². The van der Waals surface area contributed by atoms with Crippen molar-refractivity contribution in [3.8, 4) is 0 Å². The van der Waals surface area contributed by atoms with Crippen molar-refractivity contribution in [1.82, 2.24) is 0 Å². The molecule has 0 spiro atoms. The molecule has 14 heavy (non-hydrogen) atoms. The Balaban J connectivity index is 0.000000364. The number of halogens is 1. The fourth-order valence-electron chi connectivity index (χ4n) is 1.41. The second-order valence-electron chi connectivity index (χ2n) is 4.00. The van der Waals surface area contributed by atoms with Gasteiger partial charge in [-0.1, -0.05) is 18.1 Å². The summed E-state index contributed by atoms with van der Waals surface area (Å²) in [5.41, 5.74) is 5.87. The molecule has 1 aliphatic rings. The van der Waals surface area contributed by atoms with Crippen LogP contribution in [-0.4, -0.2) is 13.4 Å². The van der Waals surface area contributed by atoms with Crippen molar-refractivity contribution in [2.45, 2.75) is 46.1 Å². The molecule has 0 aromatic rings. The average Bonchev–Trinajstić information content (AvgIpc) is 2.23. The van der Waals surface area contributed by atoms with Gasteiger partial charge in [-0.2, -0.15) is 0 Å². The van der Waals surface area contributed by atoms with Crippen LogP contribution in [0, 0.1) is 5.92 Å². The van der Waals surface area contributed by atoms with Crippen molar-refractivity contribution in [3.05, 3.63) is 28.2 Å². The van der Waals surface area contributed by atoms with Crippen LogP contribution >= 0.6 is 10.0 Å². The monoisotopic (exact) mass is 274 g/mol. The summed E-state index contributed by atoms with van der Waals surface area (Å²) in [6, 6.07) is 0. The van der Waals surface area contributed by atoms with Gasteiger partial charge in [0, 0.05) is 5.92 Å². The molecular weight excluding hydrogens is 252 g/mol. The molecule has 0 unspecified atom stereocenters. The molecular formula is C12H21ClGe. The fourth-order valence-corrected chi connectivity index (χ4v) is 1.41. The van der Waals surface area contributed by atoms with Gasteiger partial charge in [0.15, 0.2) is 0 Å². The van der Waals surface area contributed by atoms with E-state index in [1.165, 1.54) is 28.2 Å². The minimum absolute atomic E-state index is 0.861. The SMILES string of the molecule is C[C]1C(C)=C(C)C(C)=C1C.[CH3][Ge]([CH3])[Cl]. The Morgan fingerprint density at radius 3 is 1.00 bits per heavy atom. The van der Waals surface area contributed by atoms with Gasteiger partial charge in [-0.05, 0) is 38.8 Å². The molecule has 1 rings (SSSR count). The molecule has 0 N–H and O–H groups in total. The minimum atomic E-state index is -0.861. The van der Waals surface area contributed by atoms with Crippen LogP contribution in [0.4, 0.5) is 0 Å². The van der Waals surface area contributed by atoms with Gasteiger partial charge in [-0.25, -0.2) is 0 Å². The Labute approximate surface area is 97.7 Å². The summed E-state index contributed by atoms with van der Waals surface area (Å²) in [5.74, 6) is 5.67. The summed E-state index contributed by atoms with van der Waals surface area (Å²) in [4.78, 5) is 0. The Bertz CT molecular complexity index is 235. The molecule has 1 aliphatic carbocycles. The zero-order chi connectivity index (χ0) is 11.5. The average molecular weight is 273 g/mol. The van der Waals surface area contributed by atoms with E-state index in [4.69, 9.17) is 10.0 Å².